The van der Waals surface area contributed by atoms with Gasteiger partial charge in [0.2, 0.25) is 0 Å². The number of fused-ring (bicyclic) bond motifs is 2. The van der Waals surface area contributed by atoms with E-state index >= 15 is 0 Å². The second-order valence-corrected chi connectivity index (χ2v) is 15.7. The number of alkyl halides is 3. The van der Waals surface area contributed by atoms with Crippen molar-refractivity contribution in [1.82, 2.24) is 0 Å². The fraction of sp³-hybridized carbons (Fsp3) is 0.680. The van der Waals surface area contributed by atoms with Crippen molar-refractivity contribution in [3.63, 3.8) is 0 Å². The van der Waals surface area contributed by atoms with E-state index in [1.807, 2.05) is 0 Å². The zero-order valence-electron chi connectivity index (χ0n) is 19.8. The molecule has 1 spiro atoms. The van der Waals surface area contributed by atoms with Gasteiger partial charge in [0.25, 0.3) is 0 Å². The molecule has 0 bridgehead atoms. The molecule has 1 saturated heterocycles. The molecule has 3 fully saturated rings. The third-order valence-corrected chi connectivity index (χ3v) is 12.3. The first kappa shape index (κ1) is 24.7. The lowest BCUT2D eigenvalue weighted by molar-refractivity contribution is -0.270. The number of halogens is 3. The molecule has 2 saturated carbocycles. The number of hydrogen-bond donors (Lipinski definition) is 1. The van der Waals surface area contributed by atoms with Crippen molar-refractivity contribution in [2.75, 3.05) is 13.2 Å². The van der Waals surface area contributed by atoms with Crippen LogP contribution in [-0.2, 0) is 20.1 Å². The Hall–Kier alpha value is -1.37. The van der Waals surface area contributed by atoms with Crippen LogP contribution in [0.3, 0.4) is 0 Å². The van der Waals surface area contributed by atoms with Crippen LogP contribution in [-0.4, -0.2) is 38.5 Å². The van der Waals surface area contributed by atoms with Crippen LogP contribution in [0, 0.1) is 29.6 Å². The lowest BCUT2D eigenvalue weighted by Gasteiger charge is -2.48. The monoisotopic (exact) mass is 482 g/mol. The molecule has 8 heteroatoms. The molecule has 0 aromatic heterocycles. The van der Waals surface area contributed by atoms with Crippen molar-refractivity contribution < 1.29 is 32.2 Å². The van der Waals surface area contributed by atoms with Crippen molar-refractivity contribution >= 4 is 8.32 Å². The lowest BCUT2D eigenvalue weighted by Crippen LogP contribution is -2.53. The van der Waals surface area contributed by atoms with E-state index in [1.54, 1.807) is 6.07 Å². The summed E-state index contributed by atoms with van der Waals surface area (Å²) in [4.78, 5) is 0. The summed E-state index contributed by atoms with van der Waals surface area (Å²) in [5.41, 5.74) is -0.332. The largest absolute Gasteiger partial charge is 0.416 e. The van der Waals surface area contributed by atoms with Crippen LogP contribution in [0.5, 0.6) is 0 Å². The first-order valence-electron chi connectivity index (χ1n) is 11.6. The topological polar surface area (TPSA) is 47.9 Å². The van der Waals surface area contributed by atoms with E-state index in [0.29, 0.717) is 31.6 Å². The smallest absolute Gasteiger partial charge is 0.399 e. The summed E-state index contributed by atoms with van der Waals surface area (Å²) in [6.45, 7) is 11.5. The fourth-order valence-corrected chi connectivity index (χ4v) is 6.06. The van der Waals surface area contributed by atoms with Gasteiger partial charge in [-0.3, -0.25) is 0 Å². The summed E-state index contributed by atoms with van der Waals surface area (Å²) in [6, 6.07) is 5.21. The van der Waals surface area contributed by atoms with E-state index in [9.17, 15) is 18.3 Å². The van der Waals surface area contributed by atoms with Gasteiger partial charge in [-0.25, -0.2) is 0 Å². The average molecular weight is 483 g/mol. The molecule has 3 aliphatic rings. The summed E-state index contributed by atoms with van der Waals surface area (Å²) in [5, 5.41) is 10.6. The molecular formula is C25H33F3O4Si. The molecule has 5 unspecified atom stereocenters. The summed E-state index contributed by atoms with van der Waals surface area (Å²) in [5.74, 6) is 5.73. The number of benzene rings is 1. The maximum Gasteiger partial charge on any atom is 0.416 e. The summed E-state index contributed by atoms with van der Waals surface area (Å²) in [6.07, 6.45) is -4.61. The van der Waals surface area contributed by atoms with Crippen LogP contribution in [0.4, 0.5) is 13.2 Å². The standard InChI is InChI=1S/C25H33F3O4Si/c1-23(2,3)33(4,5)32-22(16-7-6-8-17(13-16)25(26,27)28)10-9-18-19-15-24(30-11-12-31-24)20(19)14-21(18)29/h6-8,13,18-22,29H,11-12,14-15H2,1-5H3. The Morgan fingerprint density at radius 1 is 1.18 bits per heavy atom. The van der Waals surface area contributed by atoms with Crippen LogP contribution in [0.15, 0.2) is 24.3 Å². The minimum Gasteiger partial charge on any atom is -0.399 e. The number of rotatable bonds is 3. The quantitative estimate of drug-likeness (QED) is 0.455. The fourth-order valence-electron chi connectivity index (χ4n) is 4.92. The highest BCUT2D eigenvalue weighted by molar-refractivity contribution is 6.74. The van der Waals surface area contributed by atoms with Gasteiger partial charge in [-0.2, -0.15) is 13.2 Å². The van der Waals surface area contributed by atoms with Gasteiger partial charge < -0.3 is 19.0 Å². The van der Waals surface area contributed by atoms with Gasteiger partial charge in [-0.05, 0) is 48.2 Å². The lowest BCUT2D eigenvalue weighted by atomic mass is 9.67. The number of ether oxygens (including phenoxy) is 2. The summed E-state index contributed by atoms with van der Waals surface area (Å²) in [7, 11) is -2.34. The van der Waals surface area contributed by atoms with Gasteiger partial charge in [0, 0.05) is 18.3 Å². The molecule has 1 aromatic carbocycles. The molecule has 1 heterocycles. The second-order valence-electron chi connectivity index (χ2n) is 11.0. The van der Waals surface area contributed by atoms with Crippen molar-refractivity contribution in [3.05, 3.63) is 35.4 Å². The first-order valence-corrected chi connectivity index (χ1v) is 14.5. The van der Waals surface area contributed by atoms with Crippen LogP contribution in [0.25, 0.3) is 0 Å². The molecule has 182 valence electrons. The Labute approximate surface area is 194 Å². The number of aliphatic hydroxyl groups is 1. The third kappa shape index (κ3) is 4.63. The predicted octanol–water partition coefficient (Wildman–Crippen LogP) is 5.53. The minimum atomic E-state index is -4.44. The Kier molecular flexibility index (Phi) is 6.29. The zero-order chi connectivity index (χ0) is 24.2. The van der Waals surface area contributed by atoms with Gasteiger partial charge in [-0.1, -0.05) is 44.7 Å². The Morgan fingerprint density at radius 2 is 1.85 bits per heavy atom. The van der Waals surface area contributed by atoms with E-state index in [1.165, 1.54) is 6.07 Å². The van der Waals surface area contributed by atoms with Crippen molar-refractivity contribution in [3.8, 4) is 11.8 Å². The molecule has 4 rings (SSSR count). The Morgan fingerprint density at radius 3 is 2.45 bits per heavy atom. The number of hydrogen-bond acceptors (Lipinski definition) is 4. The van der Waals surface area contributed by atoms with Gasteiger partial charge in [-0.15, -0.1) is 0 Å². The van der Waals surface area contributed by atoms with E-state index in [-0.39, 0.29) is 22.8 Å². The van der Waals surface area contributed by atoms with Gasteiger partial charge in [0.05, 0.1) is 24.9 Å². The van der Waals surface area contributed by atoms with Crippen LogP contribution >= 0.6 is 0 Å². The molecule has 0 amide bonds. The highest BCUT2D eigenvalue weighted by Gasteiger charge is 2.64. The maximum atomic E-state index is 13.4. The Bertz CT molecular complexity index is 937. The van der Waals surface area contributed by atoms with Crippen LogP contribution in [0.1, 0.15) is 50.8 Å². The predicted molar refractivity (Wildman–Crippen MR) is 121 cm³/mol. The minimum absolute atomic E-state index is 0.0996. The molecule has 2 aliphatic carbocycles. The molecule has 1 N–H and O–H groups in total. The molecule has 1 aliphatic heterocycles. The van der Waals surface area contributed by atoms with Crippen molar-refractivity contribution in [2.45, 2.75) is 75.9 Å². The van der Waals surface area contributed by atoms with Gasteiger partial charge in [0.1, 0.15) is 6.10 Å². The highest BCUT2D eigenvalue weighted by Crippen LogP contribution is 2.59. The second kappa shape index (κ2) is 8.38. The zero-order valence-corrected chi connectivity index (χ0v) is 20.8. The molecule has 1 aromatic rings. The molecule has 5 atom stereocenters. The van der Waals surface area contributed by atoms with Gasteiger partial charge >= 0.3 is 6.18 Å². The van der Waals surface area contributed by atoms with E-state index in [0.717, 1.165) is 12.1 Å². The van der Waals surface area contributed by atoms with Crippen molar-refractivity contribution in [2.24, 2.45) is 17.8 Å². The van der Waals surface area contributed by atoms with Gasteiger partial charge in [0.15, 0.2) is 14.1 Å². The average Bonchev–Trinajstić information content (AvgIpc) is 3.29. The Balaban J connectivity index is 1.62. The summed E-state index contributed by atoms with van der Waals surface area (Å²) >= 11 is 0. The van der Waals surface area contributed by atoms with E-state index in [2.05, 4.69) is 45.7 Å². The van der Waals surface area contributed by atoms with Crippen LogP contribution < -0.4 is 0 Å². The maximum absolute atomic E-state index is 13.4. The van der Waals surface area contributed by atoms with E-state index in [4.69, 9.17) is 13.9 Å². The highest BCUT2D eigenvalue weighted by atomic mass is 28.4. The normalized spacial score (nSPS) is 29.8. The van der Waals surface area contributed by atoms with E-state index < -0.39 is 38.1 Å². The SMILES string of the molecule is CC(C)(C)[Si](C)(C)OC(C#CC1C(O)CC2C1CC21OCCO1)c1cccc(C(F)(F)F)c1. The van der Waals surface area contributed by atoms with Crippen LogP contribution in [0.2, 0.25) is 18.1 Å². The first-order chi connectivity index (χ1) is 15.2. The third-order valence-electron chi connectivity index (χ3n) is 7.87. The molecule has 33 heavy (non-hydrogen) atoms. The van der Waals surface area contributed by atoms with Crippen molar-refractivity contribution in [1.29, 1.82) is 0 Å². The number of aliphatic hydroxyl groups excluding tert-OH is 1. The molecular weight excluding hydrogens is 449 g/mol. The molecule has 4 nitrogen and oxygen atoms in total. The molecule has 0 radical (unpaired) electrons. The summed E-state index contributed by atoms with van der Waals surface area (Å²) < 4.78 is 58.2.